The number of aryl methyl sites for hydroxylation is 1. The number of nitrogens with zero attached hydrogens (tertiary/aromatic N) is 5. The van der Waals surface area contributed by atoms with Crippen LogP contribution in [0.1, 0.15) is 36.8 Å². The lowest BCUT2D eigenvalue weighted by Crippen LogP contribution is -2.32. The van der Waals surface area contributed by atoms with E-state index in [0.29, 0.717) is 49.0 Å². The monoisotopic (exact) mass is 401 g/mol. The molecule has 2 amide bonds. The first-order chi connectivity index (χ1) is 14.1. The highest BCUT2D eigenvalue weighted by molar-refractivity contribution is 5.96. The molecule has 1 saturated heterocycles. The van der Waals surface area contributed by atoms with Crippen LogP contribution in [0.25, 0.3) is 11.2 Å². The number of fused-ring (bicyclic) bond motifs is 1. The van der Waals surface area contributed by atoms with Gasteiger partial charge in [0.2, 0.25) is 11.7 Å². The molecule has 1 saturated carbocycles. The van der Waals surface area contributed by atoms with Gasteiger partial charge in [-0.15, -0.1) is 0 Å². The van der Waals surface area contributed by atoms with E-state index in [1.165, 1.54) is 6.33 Å². The van der Waals surface area contributed by atoms with Gasteiger partial charge in [0.15, 0.2) is 17.0 Å². The molecule has 0 aromatic carbocycles. The lowest BCUT2D eigenvalue weighted by molar-refractivity contribution is -0.131. The second-order valence-corrected chi connectivity index (χ2v) is 7.51. The maximum Gasteiger partial charge on any atom is 0.287 e. The zero-order chi connectivity index (χ0) is 20.4. The third kappa shape index (κ3) is 4.02. The topological polar surface area (TPSA) is 114 Å². The van der Waals surface area contributed by atoms with Gasteiger partial charge in [-0.25, -0.2) is 15.0 Å². The summed E-state index contributed by atoms with van der Waals surface area (Å²) in [5.41, 5.74) is 1.18. The number of likely N-dealkylation sites (tertiary alicyclic amines) is 1. The minimum Gasteiger partial charge on any atom is -0.383 e. The van der Waals surface area contributed by atoms with E-state index in [9.17, 15) is 9.59 Å². The van der Waals surface area contributed by atoms with Crippen molar-refractivity contribution in [2.45, 2.75) is 38.8 Å². The van der Waals surface area contributed by atoms with Crippen molar-refractivity contribution in [3.05, 3.63) is 12.2 Å². The van der Waals surface area contributed by atoms with Gasteiger partial charge in [-0.1, -0.05) is 0 Å². The molecule has 29 heavy (non-hydrogen) atoms. The third-order valence-electron chi connectivity index (χ3n) is 5.41. The van der Waals surface area contributed by atoms with Gasteiger partial charge in [0.05, 0.1) is 6.61 Å². The summed E-state index contributed by atoms with van der Waals surface area (Å²) in [6.07, 6.45) is 4.38. The number of rotatable bonds is 8. The summed E-state index contributed by atoms with van der Waals surface area (Å²) in [7, 11) is 1.59. The number of hydrogen-bond donors (Lipinski definition) is 2. The zero-order valence-electron chi connectivity index (χ0n) is 16.8. The van der Waals surface area contributed by atoms with Gasteiger partial charge in [-0.05, 0) is 26.2 Å². The van der Waals surface area contributed by atoms with Gasteiger partial charge in [-0.3, -0.25) is 9.59 Å². The zero-order valence-corrected chi connectivity index (χ0v) is 16.8. The van der Waals surface area contributed by atoms with Crippen molar-refractivity contribution in [2.75, 3.05) is 38.7 Å². The van der Waals surface area contributed by atoms with Crippen molar-refractivity contribution in [3.63, 3.8) is 0 Å². The van der Waals surface area contributed by atoms with Crippen LogP contribution in [0.3, 0.4) is 0 Å². The average molecular weight is 401 g/mol. The van der Waals surface area contributed by atoms with Crippen molar-refractivity contribution in [1.29, 1.82) is 0 Å². The largest absolute Gasteiger partial charge is 0.383 e. The normalized spacial score (nSPS) is 19.0. The molecule has 2 aliphatic rings. The summed E-state index contributed by atoms with van der Waals surface area (Å²) < 4.78 is 6.76. The Morgan fingerprint density at radius 3 is 2.83 bits per heavy atom. The molecule has 3 heterocycles. The molecule has 1 aliphatic heterocycles. The molecule has 10 nitrogen and oxygen atoms in total. The summed E-state index contributed by atoms with van der Waals surface area (Å²) in [5.74, 6) is 1.14. The van der Waals surface area contributed by atoms with Crippen molar-refractivity contribution in [3.8, 4) is 0 Å². The Bertz CT molecular complexity index is 909. The second-order valence-electron chi connectivity index (χ2n) is 7.51. The number of methoxy groups -OCH3 is 1. The molecule has 2 fully saturated rings. The SMILES string of the molecule is CCn1c(C(=O)NCCOC)nc2c(N[C@H]3CCN(C(=O)C4CC4)C3)ncnc21. The van der Waals surface area contributed by atoms with Crippen LogP contribution in [0.15, 0.2) is 6.33 Å². The van der Waals surface area contributed by atoms with Crippen LogP contribution in [0.5, 0.6) is 0 Å². The van der Waals surface area contributed by atoms with E-state index in [0.717, 1.165) is 25.8 Å². The highest BCUT2D eigenvalue weighted by Gasteiger charge is 2.36. The maximum atomic E-state index is 12.5. The summed E-state index contributed by atoms with van der Waals surface area (Å²) >= 11 is 0. The van der Waals surface area contributed by atoms with Gasteiger partial charge in [0.1, 0.15) is 6.33 Å². The number of anilines is 1. The van der Waals surface area contributed by atoms with E-state index in [1.54, 1.807) is 11.7 Å². The first kappa shape index (κ1) is 19.6. The molecule has 4 rings (SSSR count). The highest BCUT2D eigenvalue weighted by atomic mass is 16.5. The predicted octanol–water partition coefficient (Wildman–Crippen LogP) is 0.645. The molecule has 156 valence electrons. The van der Waals surface area contributed by atoms with Gasteiger partial charge in [0.25, 0.3) is 5.91 Å². The van der Waals surface area contributed by atoms with Crippen molar-refractivity contribution in [1.82, 2.24) is 29.7 Å². The van der Waals surface area contributed by atoms with Crippen LogP contribution in [0.2, 0.25) is 0 Å². The lowest BCUT2D eigenvalue weighted by atomic mass is 10.2. The number of imidazole rings is 1. The Balaban J connectivity index is 1.52. The van der Waals surface area contributed by atoms with Crippen LogP contribution >= 0.6 is 0 Å². The second kappa shape index (κ2) is 8.32. The predicted molar refractivity (Wildman–Crippen MR) is 107 cm³/mol. The fourth-order valence-corrected chi connectivity index (χ4v) is 3.72. The quantitative estimate of drug-likeness (QED) is 0.624. The number of carbonyl (C=O) groups is 2. The molecular formula is C19H27N7O3. The number of carbonyl (C=O) groups excluding carboxylic acids is 2. The fraction of sp³-hybridized carbons (Fsp3) is 0.632. The minimum absolute atomic E-state index is 0.113. The van der Waals surface area contributed by atoms with E-state index < -0.39 is 0 Å². The Morgan fingerprint density at radius 1 is 1.28 bits per heavy atom. The number of nitrogens with one attached hydrogen (secondary N) is 2. The number of amides is 2. The maximum absolute atomic E-state index is 12.5. The van der Waals surface area contributed by atoms with Gasteiger partial charge in [-0.2, -0.15) is 0 Å². The standard InChI is InChI=1S/C19H27N7O3/c1-3-26-16-14(24-17(26)18(27)20-7-9-29-2)15(21-11-22-16)23-13-6-8-25(10-13)19(28)12-4-5-12/h11-13H,3-10H2,1-2H3,(H,20,27)(H,21,22,23)/t13-/m0/s1. The van der Waals surface area contributed by atoms with Crippen molar-refractivity contribution in [2.24, 2.45) is 5.92 Å². The van der Waals surface area contributed by atoms with Gasteiger partial charge >= 0.3 is 0 Å². The van der Waals surface area contributed by atoms with Crippen LogP contribution < -0.4 is 10.6 Å². The lowest BCUT2D eigenvalue weighted by Gasteiger charge is -2.17. The summed E-state index contributed by atoms with van der Waals surface area (Å²) in [4.78, 5) is 40.0. The minimum atomic E-state index is -0.269. The molecule has 10 heteroatoms. The molecule has 0 spiro atoms. The van der Waals surface area contributed by atoms with Gasteiger partial charge < -0.3 is 24.8 Å². The molecule has 1 atom stereocenters. The van der Waals surface area contributed by atoms with Crippen LogP contribution in [0.4, 0.5) is 5.82 Å². The Kier molecular flexibility index (Phi) is 5.61. The van der Waals surface area contributed by atoms with Gasteiger partial charge in [0, 0.05) is 45.2 Å². The first-order valence-electron chi connectivity index (χ1n) is 10.2. The molecule has 2 aromatic heterocycles. The van der Waals surface area contributed by atoms with Crippen LogP contribution in [-0.4, -0.2) is 75.6 Å². The molecule has 1 aliphatic carbocycles. The number of ether oxygens (including phenoxy) is 1. The molecular weight excluding hydrogens is 374 g/mol. The van der Waals surface area contributed by atoms with Crippen LogP contribution in [-0.2, 0) is 16.1 Å². The molecule has 2 aromatic rings. The molecule has 0 unspecified atom stereocenters. The van der Waals surface area contributed by atoms with E-state index in [4.69, 9.17) is 4.74 Å². The average Bonchev–Trinajstić information content (AvgIpc) is 3.35. The Hall–Kier alpha value is -2.75. The van der Waals surface area contributed by atoms with Crippen molar-refractivity contribution >= 4 is 28.8 Å². The Labute approximate surface area is 169 Å². The van der Waals surface area contributed by atoms with E-state index in [1.807, 2.05) is 11.8 Å². The fourth-order valence-electron chi connectivity index (χ4n) is 3.72. The summed E-state index contributed by atoms with van der Waals surface area (Å²) in [5, 5.41) is 6.21. The van der Waals surface area contributed by atoms with E-state index >= 15 is 0 Å². The summed E-state index contributed by atoms with van der Waals surface area (Å²) in [6.45, 7) is 4.78. The van der Waals surface area contributed by atoms with Crippen molar-refractivity contribution < 1.29 is 14.3 Å². The smallest absolute Gasteiger partial charge is 0.287 e. The molecule has 2 N–H and O–H groups in total. The highest BCUT2D eigenvalue weighted by Crippen LogP contribution is 2.32. The molecule has 0 bridgehead atoms. The van der Waals surface area contributed by atoms with E-state index in [-0.39, 0.29) is 23.8 Å². The Morgan fingerprint density at radius 2 is 2.10 bits per heavy atom. The third-order valence-corrected chi connectivity index (χ3v) is 5.41. The number of hydrogen-bond acceptors (Lipinski definition) is 7. The van der Waals surface area contributed by atoms with Crippen LogP contribution in [0, 0.1) is 5.92 Å². The van der Waals surface area contributed by atoms with E-state index in [2.05, 4.69) is 25.6 Å². The summed E-state index contributed by atoms with van der Waals surface area (Å²) in [6, 6.07) is 0.113. The molecule has 0 radical (unpaired) electrons. The number of aromatic nitrogens is 4. The first-order valence-corrected chi connectivity index (χ1v) is 10.2.